The van der Waals surface area contributed by atoms with Crippen LogP contribution in [0, 0.1) is 0 Å². The van der Waals surface area contributed by atoms with Gasteiger partial charge in [-0.25, -0.2) is 0 Å². The maximum absolute atomic E-state index is 5.09. The third kappa shape index (κ3) is 0.916. The molecule has 0 aromatic heterocycles. The minimum atomic E-state index is -0.110. The Bertz CT molecular complexity index is 204. The summed E-state index contributed by atoms with van der Waals surface area (Å²) in [4.78, 5) is 0. The molecule has 1 aliphatic rings. The normalized spacial score (nSPS) is 18.4. The topological polar surface area (TPSA) is 18.5 Å². The molecule has 0 spiro atoms. The summed E-state index contributed by atoms with van der Waals surface area (Å²) in [5, 5.41) is 0. The van der Waals surface area contributed by atoms with Gasteiger partial charge in [-0.3, -0.25) is 0 Å². The highest BCUT2D eigenvalue weighted by atomic mass is 16.8. The summed E-state index contributed by atoms with van der Waals surface area (Å²) in [7, 11) is 0. The molecule has 10 heavy (non-hydrogen) atoms. The predicted molar refractivity (Wildman–Crippen MR) is 36.2 cm³/mol. The molecule has 0 N–H and O–H groups in total. The molecule has 52 valence electrons. The SMILES string of the molecule is c1ccc(C2OCO2)cc1. The van der Waals surface area contributed by atoms with E-state index in [1.54, 1.807) is 0 Å². The predicted octanol–water partition coefficient (Wildman–Crippen LogP) is 1.69. The molecule has 0 amide bonds. The summed E-state index contributed by atoms with van der Waals surface area (Å²) in [5.74, 6) is 0. The van der Waals surface area contributed by atoms with E-state index in [1.165, 1.54) is 0 Å². The molecule has 1 aliphatic heterocycles. The fraction of sp³-hybridized carbons (Fsp3) is 0.250. The Morgan fingerprint density at radius 3 is 2.30 bits per heavy atom. The summed E-state index contributed by atoms with van der Waals surface area (Å²) in [6.45, 7) is 0.430. The first-order valence-corrected chi connectivity index (χ1v) is 3.25. The van der Waals surface area contributed by atoms with Crippen LogP contribution >= 0.6 is 0 Å². The Morgan fingerprint density at radius 1 is 1.10 bits per heavy atom. The second-order valence-corrected chi connectivity index (χ2v) is 2.19. The Hall–Kier alpha value is -0.860. The first kappa shape index (κ1) is 5.89. The van der Waals surface area contributed by atoms with Crippen LogP contribution in [0.1, 0.15) is 11.9 Å². The van der Waals surface area contributed by atoms with Crippen molar-refractivity contribution >= 4 is 0 Å². The molecular weight excluding hydrogens is 128 g/mol. The van der Waals surface area contributed by atoms with E-state index in [1.807, 2.05) is 30.3 Å². The van der Waals surface area contributed by atoms with Crippen LogP contribution in [0.25, 0.3) is 0 Å². The Kier molecular flexibility index (Phi) is 1.42. The van der Waals surface area contributed by atoms with Gasteiger partial charge in [0.25, 0.3) is 0 Å². The fourth-order valence-electron chi connectivity index (χ4n) is 0.939. The van der Waals surface area contributed by atoms with E-state index in [9.17, 15) is 0 Å². The van der Waals surface area contributed by atoms with E-state index >= 15 is 0 Å². The van der Waals surface area contributed by atoms with Gasteiger partial charge < -0.3 is 9.47 Å². The maximum Gasteiger partial charge on any atom is 0.189 e. The van der Waals surface area contributed by atoms with Crippen LogP contribution in [0.3, 0.4) is 0 Å². The van der Waals surface area contributed by atoms with E-state index in [0.29, 0.717) is 6.79 Å². The molecule has 1 aromatic rings. The first-order chi connectivity index (χ1) is 4.97. The van der Waals surface area contributed by atoms with Crippen molar-refractivity contribution in [2.75, 3.05) is 6.79 Å². The van der Waals surface area contributed by atoms with Crippen molar-refractivity contribution in [2.45, 2.75) is 6.29 Å². The van der Waals surface area contributed by atoms with Crippen molar-refractivity contribution in [1.82, 2.24) is 0 Å². The molecule has 0 aliphatic carbocycles. The van der Waals surface area contributed by atoms with Crippen molar-refractivity contribution < 1.29 is 9.47 Å². The van der Waals surface area contributed by atoms with Gasteiger partial charge in [0.15, 0.2) is 13.1 Å². The summed E-state index contributed by atoms with van der Waals surface area (Å²) in [5.41, 5.74) is 1.09. The average molecular weight is 136 g/mol. The van der Waals surface area contributed by atoms with Crippen molar-refractivity contribution in [3.05, 3.63) is 35.9 Å². The number of hydrogen-bond donors (Lipinski definition) is 0. The zero-order valence-corrected chi connectivity index (χ0v) is 5.49. The number of ether oxygens (including phenoxy) is 2. The van der Waals surface area contributed by atoms with Crippen LogP contribution < -0.4 is 0 Å². The molecule has 1 fully saturated rings. The Labute approximate surface area is 59.4 Å². The lowest BCUT2D eigenvalue weighted by Gasteiger charge is -2.26. The third-order valence-electron chi connectivity index (χ3n) is 1.51. The van der Waals surface area contributed by atoms with Crippen LogP contribution in [0.4, 0.5) is 0 Å². The molecule has 0 radical (unpaired) electrons. The minimum absolute atomic E-state index is 0.110. The summed E-state index contributed by atoms with van der Waals surface area (Å²) >= 11 is 0. The quantitative estimate of drug-likeness (QED) is 0.584. The fourth-order valence-corrected chi connectivity index (χ4v) is 0.939. The Morgan fingerprint density at radius 2 is 1.80 bits per heavy atom. The van der Waals surface area contributed by atoms with Crippen molar-refractivity contribution in [3.63, 3.8) is 0 Å². The van der Waals surface area contributed by atoms with Gasteiger partial charge in [-0.1, -0.05) is 30.3 Å². The standard InChI is InChI=1S/C8H8O2/c1-2-4-7(5-3-1)8-9-6-10-8/h1-5,8H,6H2. The van der Waals surface area contributed by atoms with Crippen LogP contribution in [-0.2, 0) is 9.47 Å². The lowest BCUT2D eigenvalue weighted by molar-refractivity contribution is -0.326. The van der Waals surface area contributed by atoms with Gasteiger partial charge in [-0.05, 0) is 0 Å². The average Bonchev–Trinajstić information content (AvgIpc) is 1.86. The zero-order valence-electron chi connectivity index (χ0n) is 5.49. The van der Waals surface area contributed by atoms with Gasteiger partial charge in [0, 0.05) is 5.56 Å². The van der Waals surface area contributed by atoms with E-state index in [2.05, 4.69) is 0 Å². The highest BCUT2D eigenvalue weighted by Crippen LogP contribution is 2.25. The summed E-state index contributed by atoms with van der Waals surface area (Å²) in [6.07, 6.45) is -0.110. The van der Waals surface area contributed by atoms with E-state index in [4.69, 9.17) is 9.47 Å². The van der Waals surface area contributed by atoms with Crippen LogP contribution in [0.2, 0.25) is 0 Å². The molecule has 2 nitrogen and oxygen atoms in total. The molecular formula is C8H8O2. The van der Waals surface area contributed by atoms with E-state index in [-0.39, 0.29) is 6.29 Å². The monoisotopic (exact) mass is 136 g/mol. The molecule has 0 bridgehead atoms. The number of benzene rings is 1. The van der Waals surface area contributed by atoms with Crippen LogP contribution in [-0.4, -0.2) is 6.79 Å². The molecule has 1 heterocycles. The second-order valence-electron chi connectivity index (χ2n) is 2.19. The molecule has 2 heteroatoms. The zero-order chi connectivity index (χ0) is 6.81. The van der Waals surface area contributed by atoms with Crippen molar-refractivity contribution in [2.24, 2.45) is 0 Å². The maximum atomic E-state index is 5.09. The highest BCUT2D eigenvalue weighted by molar-refractivity contribution is 5.16. The third-order valence-corrected chi connectivity index (χ3v) is 1.51. The first-order valence-electron chi connectivity index (χ1n) is 3.25. The molecule has 1 aromatic carbocycles. The number of hydrogen-bond acceptors (Lipinski definition) is 2. The van der Waals surface area contributed by atoms with Gasteiger partial charge >= 0.3 is 0 Å². The molecule has 1 saturated heterocycles. The second kappa shape index (κ2) is 2.40. The van der Waals surface area contributed by atoms with E-state index in [0.717, 1.165) is 5.56 Å². The lowest BCUT2D eigenvalue weighted by atomic mass is 10.2. The lowest BCUT2D eigenvalue weighted by Crippen LogP contribution is -2.21. The number of rotatable bonds is 1. The van der Waals surface area contributed by atoms with Crippen LogP contribution in [0.15, 0.2) is 30.3 Å². The molecule has 0 saturated carbocycles. The van der Waals surface area contributed by atoms with Crippen molar-refractivity contribution in [1.29, 1.82) is 0 Å². The molecule has 0 unspecified atom stereocenters. The van der Waals surface area contributed by atoms with Gasteiger partial charge in [-0.2, -0.15) is 0 Å². The van der Waals surface area contributed by atoms with Gasteiger partial charge in [0.2, 0.25) is 0 Å². The van der Waals surface area contributed by atoms with Gasteiger partial charge in [-0.15, -0.1) is 0 Å². The van der Waals surface area contributed by atoms with Gasteiger partial charge in [0.1, 0.15) is 0 Å². The Balaban J connectivity index is 2.18. The smallest absolute Gasteiger partial charge is 0.189 e. The summed E-state index contributed by atoms with van der Waals surface area (Å²) in [6, 6.07) is 9.90. The van der Waals surface area contributed by atoms with E-state index < -0.39 is 0 Å². The molecule has 0 atom stereocenters. The minimum Gasteiger partial charge on any atom is -0.322 e. The molecule has 2 rings (SSSR count). The van der Waals surface area contributed by atoms with Crippen LogP contribution in [0.5, 0.6) is 0 Å². The highest BCUT2D eigenvalue weighted by Gasteiger charge is 2.19. The largest absolute Gasteiger partial charge is 0.322 e. The van der Waals surface area contributed by atoms with Gasteiger partial charge in [0.05, 0.1) is 0 Å². The summed E-state index contributed by atoms with van der Waals surface area (Å²) < 4.78 is 10.2. The van der Waals surface area contributed by atoms with Crippen molar-refractivity contribution in [3.8, 4) is 0 Å².